The van der Waals surface area contributed by atoms with Crippen LogP contribution in [-0.4, -0.2) is 29.0 Å². The Hall–Kier alpha value is -3.85. The molecule has 0 unspecified atom stereocenters. The second-order valence-electron chi connectivity index (χ2n) is 7.39. The largest absolute Gasteiger partial charge is 0.409 e. The molecule has 1 heterocycles. The van der Waals surface area contributed by atoms with Gasteiger partial charge in [0.25, 0.3) is 10.0 Å². The summed E-state index contributed by atoms with van der Waals surface area (Å²) < 4.78 is 29.8. The van der Waals surface area contributed by atoms with Crippen LogP contribution in [0.5, 0.6) is 0 Å². The zero-order valence-corrected chi connectivity index (χ0v) is 18.2. The first-order valence-electron chi connectivity index (χ1n) is 9.97. The van der Waals surface area contributed by atoms with Crippen molar-refractivity contribution in [1.82, 2.24) is 9.55 Å². The lowest BCUT2D eigenvalue weighted by molar-refractivity contribution is 0.318. The molecule has 0 aliphatic heterocycles. The first kappa shape index (κ1) is 21.4. The Morgan fingerprint density at radius 3 is 2.47 bits per heavy atom. The number of hydrogen-bond acceptors (Lipinski definition) is 5. The molecule has 0 spiro atoms. The molecule has 0 saturated carbocycles. The SMILES string of the molecule is Cn1c(CCc2ccc(C(N)=NO)cc2)nc2cc(NS(=O)(=O)c3ccccc3)ccc21. The number of nitrogens with one attached hydrogen (secondary N) is 1. The van der Waals surface area contributed by atoms with Crippen molar-refractivity contribution in [2.75, 3.05) is 4.72 Å². The molecule has 4 rings (SSSR count). The summed E-state index contributed by atoms with van der Waals surface area (Å²) >= 11 is 0. The van der Waals surface area contributed by atoms with Gasteiger partial charge in [-0.25, -0.2) is 13.4 Å². The Kier molecular flexibility index (Phi) is 5.83. The zero-order chi connectivity index (χ0) is 22.7. The van der Waals surface area contributed by atoms with Gasteiger partial charge in [-0.2, -0.15) is 0 Å². The van der Waals surface area contributed by atoms with E-state index in [4.69, 9.17) is 15.9 Å². The number of benzene rings is 3. The molecule has 8 nitrogen and oxygen atoms in total. The molecular formula is C23H23N5O3S. The number of anilines is 1. The first-order chi connectivity index (χ1) is 15.4. The van der Waals surface area contributed by atoms with Crippen LogP contribution in [0.3, 0.4) is 0 Å². The number of rotatable bonds is 7. The van der Waals surface area contributed by atoms with E-state index in [2.05, 4.69) is 9.88 Å². The van der Waals surface area contributed by atoms with Crippen LogP contribution in [0.15, 0.2) is 82.8 Å². The number of imidazole rings is 1. The van der Waals surface area contributed by atoms with E-state index in [1.165, 1.54) is 0 Å². The maximum absolute atomic E-state index is 12.6. The highest BCUT2D eigenvalue weighted by molar-refractivity contribution is 7.92. The van der Waals surface area contributed by atoms with E-state index in [0.29, 0.717) is 17.7 Å². The normalized spacial score (nSPS) is 12.2. The van der Waals surface area contributed by atoms with Crippen molar-refractivity contribution >= 4 is 32.6 Å². The van der Waals surface area contributed by atoms with Gasteiger partial charge in [-0.1, -0.05) is 47.6 Å². The molecule has 0 radical (unpaired) electrons. The van der Waals surface area contributed by atoms with Crippen molar-refractivity contribution in [2.45, 2.75) is 17.7 Å². The molecule has 1 aromatic heterocycles. The lowest BCUT2D eigenvalue weighted by atomic mass is 10.1. The number of oxime groups is 1. The van der Waals surface area contributed by atoms with Gasteiger partial charge in [0.05, 0.1) is 21.6 Å². The van der Waals surface area contributed by atoms with Crippen LogP contribution in [0.1, 0.15) is 17.0 Å². The number of amidine groups is 1. The molecule has 0 atom stereocenters. The molecule has 9 heteroatoms. The van der Waals surface area contributed by atoms with Gasteiger partial charge in [-0.05, 0) is 42.3 Å². The van der Waals surface area contributed by atoms with Crippen LogP contribution in [0, 0.1) is 0 Å². The predicted octanol–water partition coefficient (Wildman–Crippen LogP) is 3.25. The van der Waals surface area contributed by atoms with E-state index in [1.807, 2.05) is 41.9 Å². The molecular weight excluding hydrogens is 426 g/mol. The first-order valence-corrected chi connectivity index (χ1v) is 11.5. The zero-order valence-electron chi connectivity index (χ0n) is 17.4. The Balaban J connectivity index is 1.51. The molecule has 4 N–H and O–H groups in total. The maximum atomic E-state index is 12.6. The highest BCUT2D eigenvalue weighted by Gasteiger charge is 2.15. The average Bonchev–Trinajstić information content (AvgIpc) is 3.12. The highest BCUT2D eigenvalue weighted by atomic mass is 32.2. The summed E-state index contributed by atoms with van der Waals surface area (Å²) in [6.07, 6.45) is 1.47. The van der Waals surface area contributed by atoms with Crippen molar-refractivity contribution in [2.24, 2.45) is 17.9 Å². The third-order valence-electron chi connectivity index (χ3n) is 5.27. The molecule has 0 aliphatic carbocycles. The topological polar surface area (TPSA) is 123 Å². The molecule has 0 aliphatic rings. The second-order valence-corrected chi connectivity index (χ2v) is 9.07. The van der Waals surface area contributed by atoms with E-state index < -0.39 is 10.0 Å². The number of aromatic nitrogens is 2. The monoisotopic (exact) mass is 449 g/mol. The van der Waals surface area contributed by atoms with Crippen molar-refractivity contribution < 1.29 is 13.6 Å². The molecule has 3 aromatic carbocycles. The number of fused-ring (bicyclic) bond motifs is 1. The Bertz CT molecular complexity index is 1380. The number of nitrogens with zero attached hydrogens (tertiary/aromatic N) is 3. The van der Waals surface area contributed by atoms with E-state index >= 15 is 0 Å². The fraction of sp³-hybridized carbons (Fsp3) is 0.130. The lowest BCUT2D eigenvalue weighted by Gasteiger charge is -2.08. The summed E-state index contributed by atoms with van der Waals surface area (Å²) in [5.74, 6) is 0.967. The summed E-state index contributed by atoms with van der Waals surface area (Å²) in [6, 6.07) is 21.1. The fourth-order valence-corrected chi connectivity index (χ4v) is 4.58. The van der Waals surface area contributed by atoms with Crippen molar-refractivity contribution in [1.29, 1.82) is 0 Å². The highest BCUT2D eigenvalue weighted by Crippen LogP contribution is 2.23. The van der Waals surface area contributed by atoms with Crippen LogP contribution in [-0.2, 0) is 29.9 Å². The molecule has 0 saturated heterocycles. The van der Waals surface area contributed by atoms with Crippen molar-refractivity contribution in [3.63, 3.8) is 0 Å². The lowest BCUT2D eigenvalue weighted by Crippen LogP contribution is -2.12. The van der Waals surface area contributed by atoms with Crippen LogP contribution < -0.4 is 10.5 Å². The summed E-state index contributed by atoms with van der Waals surface area (Å²) in [4.78, 5) is 4.91. The number of hydrogen-bond donors (Lipinski definition) is 3. The molecule has 164 valence electrons. The van der Waals surface area contributed by atoms with Crippen molar-refractivity contribution in [3.05, 3.63) is 89.7 Å². The summed E-state index contributed by atoms with van der Waals surface area (Å²) in [5, 5.41) is 11.8. The van der Waals surface area contributed by atoms with E-state index in [-0.39, 0.29) is 10.7 Å². The van der Waals surface area contributed by atoms with Gasteiger partial charge < -0.3 is 15.5 Å². The summed E-state index contributed by atoms with van der Waals surface area (Å²) in [5.41, 5.74) is 9.46. The van der Waals surface area contributed by atoms with Gasteiger partial charge >= 0.3 is 0 Å². The molecule has 0 fully saturated rings. The van der Waals surface area contributed by atoms with E-state index in [9.17, 15) is 8.42 Å². The van der Waals surface area contributed by atoms with Gasteiger partial charge in [-0.15, -0.1) is 0 Å². The number of nitrogens with two attached hydrogens (primary N) is 1. The molecule has 32 heavy (non-hydrogen) atoms. The van der Waals surface area contributed by atoms with Crippen LogP contribution in [0.2, 0.25) is 0 Å². The van der Waals surface area contributed by atoms with Gasteiger partial charge in [0.15, 0.2) is 5.84 Å². The average molecular weight is 450 g/mol. The third kappa shape index (κ3) is 4.42. The Morgan fingerprint density at radius 1 is 1.06 bits per heavy atom. The van der Waals surface area contributed by atoms with Gasteiger partial charge in [0.1, 0.15) is 5.82 Å². The number of aryl methyl sites for hydroxylation is 3. The Morgan fingerprint density at radius 2 is 1.78 bits per heavy atom. The minimum Gasteiger partial charge on any atom is -0.409 e. The third-order valence-corrected chi connectivity index (χ3v) is 6.67. The van der Waals surface area contributed by atoms with Crippen molar-refractivity contribution in [3.8, 4) is 0 Å². The standard InChI is InChI=1S/C23H23N5O3S/c1-28-21-13-12-18(27-32(30,31)19-5-3-2-4-6-19)15-20(21)25-22(28)14-9-16-7-10-17(11-8-16)23(24)26-29/h2-8,10-13,15,27,29H,9,14H2,1H3,(H2,24,26). The van der Waals surface area contributed by atoms with Crippen LogP contribution in [0.25, 0.3) is 11.0 Å². The molecule has 0 bridgehead atoms. The maximum Gasteiger partial charge on any atom is 0.261 e. The van der Waals surface area contributed by atoms with E-state index in [0.717, 1.165) is 28.8 Å². The minimum absolute atomic E-state index is 0.0746. The fourth-order valence-electron chi connectivity index (χ4n) is 3.51. The van der Waals surface area contributed by atoms with Gasteiger partial charge in [0, 0.05) is 19.0 Å². The smallest absolute Gasteiger partial charge is 0.261 e. The van der Waals surface area contributed by atoms with Gasteiger partial charge in [-0.3, -0.25) is 4.72 Å². The predicted molar refractivity (Wildman–Crippen MR) is 124 cm³/mol. The molecule has 4 aromatic rings. The summed E-state index contributed by atoms with van der Waals surface area (Å²) in [6.45, 7) is 0. The minimum atomic E-state index is -3.66. The summed E-state index contributed by atoms with van der Waals surface area (Å²) in [7, 11) is -1.72. The van der Waals surface area contributed by atoms with Gasteiger partial charge in [0.2, 0.25) is 0 Å². The molecule has 0 amide bonds. The number of sulfonamides is 1. The van der Waals surface area contributed by atoms with Crippen LogP contribution >= 0.6 is 0 Å². The Labute approximate surface area is 186 Å². The van der Waals surface area contributed by atoms with Crippen LogP contribution in [0.4, 0.5) is 5.69 Å². The second kappa shape index (κ2) is 8.72. The van der Waals surface area contributed by atoms with E-state index in [1.54, 1.807) is 42.5 Å². The quantitative estimate of drug-likeness (QED) is 0.173.